The molecular formula is C9H21B9N6O18. The number of aromatic nitrogens is 6. The minimum Gasteiger partial charge on any atom is -0.682 e. The van der Waals surface area contributed by atoms with Gasteiger partial charge in [-0.25, -0.2) is 0 Å². The summed E-state index contributed by atoms with van der Waals surface area (Å²) in [6.45, 7) is -11.4. The Kier molecular flexibility index (Phi) is 11.4. The third kappa shape index (κ3) is 9.50. The van der Waals surface area contributed by atoms with Crippen LogP contribution in [0.5, 0.6) is 0 Å². The van der Waals surface area contributed by atoms with Gasteiger partial charge in [0.05, 0.1) is 0 Å². The second-order valence-corrected chi connectivity index (χ2v) is 7.64. The summed E-state index contributed by atoms with van der Waals surface area (Å²) in [7, 11) is -13.3. The number of hydrogen-bond acceptors (Lipinski definition) is 18. The van der Waals surface area contributed by atoms with Gasteiger partial charge in [0.15, 0.2) is 0 Å². The molecule has 33 heteroatoms. The van der Waals surface area contributed by atoms with Crippen LogP contribution in [-0.2, 0) is 54.9 Å². The largest absolute Gasteiger partial charge is 0.682 e. The van der Waals surface area contributed by atoms with Crippen molar-refractivity contribution in [3.8, 4) is 0 Å². The summed E-state index contributed by atoms with van der Waals surface area (Å²) in [5, 5.41) is 57.1. The Morgan fingerprint density at radius 2 is 0.714 bits per heavy atom. The van der Waals surface area contributed by atoms with Crippen LogP contribution in [0.3, 0.4) is 0 Å². The molecule has 4 saturated heterocycles. The lowest BCUT2D eigenvalue weighted by Crippen LogP contribution is -2.80. The van der Waals surface area contributed by atoms with Crippen LogP contribution < -0.4 is 15.0 Å². The summed E-state index contributed by atoms with van der Waals surface area (Å²) in [5.74, 6) is 0. The average Bonchev–Trinajstić information content (AvgIpc) is 3.70. The lowest BCUT2D eigenvalue weighted by molar-refractivity contribution is -0.376. The highest BCUT2D eigenvalue weighted by Gasteiger charge is 2.60. The van der Waals surface area contributed by atoms with Crippen molar-refractivity contribution in [3.05, 3.63) is 56.2 Å². The number of rotatable bonds is 0. The van der Waals surface area contributed by atoms with E-state index in [2.05, 4.69) is 39.0 Å². The van der Waals surface area contributed by atoms with E-state index in [4.69, 9.17) is 45.7 Å². The molecule has 0 atom stereocenters. The third-order valence-corrected chi connectivity index (χ3v) is 4.72. The minimum atomic E-state index is -3.88. The molecule has 7 rings (SSSR count). The van der Waals surface area contributed by atoms with Gasteiger partial charge >= 0.3 is 64.8 Å². The molecule has 0 amide bonds. The fraction of sp³-hybridized carbons (Fsp3) is 0. The van der Waals surface area contributed by atoms with E-state index in [0.717, 1.165) is 0 Å². The zero-order valence-corrected chi connectivity index (χ0v) is 21.0. The molecule has 4 fully saturated rings. The Hall–Kier alpha value is -2.51. The molecule has 24 nitrogen and oxygen atoms in total. The Morgan fingerprint density at radius 1 is 0.429 bits per heavy atom. The van der Waals surface area contributed by atoms with Crippen molar-refractivity contribution in [2.24, 2.45) is 0 Å². The maximum Gasteiger partial charge on any atom is 0.582 e. The Bertz CT molecular complexity index is 935. The predicted molar refractivity (Wildman–Crippen MR) is 130 cm³/mol. The molecule has 0 aliphatic carbocycles. The molecule has 0 unspecified atom stereocenters. The normalized spacial score (nSPS) is 22.1. The Balaban J connectivity index is 0.000000216. The highest BCUT2D eigenvalue weighted by molar-refractivity contribution is 6.90. The Morgan fingerprint density at radius 3 is 0.952 bits per heavy atom. The maximum absolute atomic E-state index is 9.76. The van der Waals surface area contributed by atoms with Crippen LogP contribution in [-0.4, -0.2) is 110 Å². The summed E-state index contributed by atoms with van der Waals surface area (Å²) in [6, 6.07) is 0. The van der Waals surface area contributed by atoms with Gasteiger partial charge in [0, 0.05) is 0 Å². The van der Waals surface area contributed by atoms with Gasteiger partial charge < -0.3 is 85.0 Å². The van der Waals surface area contributed by atoms with Gasteiger partial charge in [-0.3, -0.25) is 29.9 Å². The van der Waals surface area contributed by atoms with E-state index in [1.807, 2.05) is 37.2 Å². The van der Waals surface area contributed by atoms with E-state index < -0.39 is 64.8 Å². The summed E-state index contributed by atoms with van der Waals surface area (Å²) in [6.07, 6.45) is 16.2. The average molecular weight is 599 g/mol. The van der Waals surface area contributed by atoms with Crippen LogP contribution in [0.25, 0.3) is 0 Å². The van der Waals surface area contributed by atoms with Crippen LogP contribution in [0.15, 0.2) is 56.2 Å². The van der Waals surface area contributed by atoms with E-state index in [-0.39, 0.29) is 0 Å². The van der Waals surface area contributed by atoms with E-state index in [1.165, 1.54) is 0 Å². The van der Waals surface area contributed by atoms with E-state index in [1.54, 1.807) is 19.0 Å². The number of aromatic amines is 6. The van der Waals surface area contributed by atoms with Gasteiger partial charge in [-0.1, -0.05) is 0 Å². The zero-order chi connectivity index (χ0) is 30.1. The molecule has 0 aromatic carbocycles. The van der Waals surface area contributed by atoms with Crippen molar-refractivity contribution in [1.82, 2.24) is 15.0 Å². The topological polar surface area (TPSA) is 322 Å². The number of hydrogen-bond donors (Lipinski definition) is 9. The Labute approximate surface area is 236 Å². The molecule has 4 aliphatic rings. The maximum atomic E-state index is 9.76. The summed E-state index contributed by atoms with van der Waals surface area (Å²) in [4.78, 5) is 16.8. The summed E-state index contributed by atoms with van der Waals surface area (Å²) in [5.41, 5.74) is 0. The number of imidazole rings is 3. The first-order valence-corrected chi connectivity index (χ1v) is 11.7. The summed E-state index contributed by atoms with van der Waals surface area (Å²) >= 11 is 0. The van der Waals surface area contributed by atoms with Gasteiger partial charge in [-0.2, -0.15) is 0 Å². The van der Waals surface area contributed by atoms with Gasteiger partial charge in [0.2, 0.25) is 19.0 Å². The first-order chi connectivity index (χ1) is 20.1. The second kappa shape index (κ2) is 14.8. The van der Waals surface area contributed by atoms with Crippen LogP contribution in [0.2, 0.25) is 0 Å². The zero-order valence-electron chi connectivity index (χ0n) is 21.0. The fourth-order valence-corrected chi connectivity index (χ4v) is 3.24. The summed E-state index contributed by atoms with van der Waals surface area (Å²) < 4.78 is 56.5. The molecule has 0 bridgehead atoms. The second-order valence-electron chi connectivity index (χ2n) is 7.64. The molecular weight excluding hydrogens is 577 g/mol. The molecule has 12 N–H and O–H groups in total. The first-order valence-electron chi connectivity index (χ1n) is 11.7. The molecule has 222 valence electrons. The molecule has 0 radical (unpaired) electrons. The first kappa shape index (κ1) is 32.4. The highest BCUT2D eigenvalue weighted by Crippen LogP contribution is 2.37. The number of H-pyrrole nitrogens is 6. The van der Waals surface area contributed by atoms with E-state index in [9.17, 15) is 30.1 Å². The standard InChI is InChI=1S/3C3H4N2.B9H6O18/c3*1-2-5-3-4-1;10-1-16-2(11)19-7(18-1)22-5(14)24-9(26-7)25-6(15)23-8(27-9)20-3(12)17-4(13)21-8/h3*1-3H,(H,4,5);10-15H/q;;;-3/p+3. The van der Waals surface area contributed by atoms with Gasteiger partial charge in [-0.05, 0) is 0 Å². The SMILES string of the molecule is OB1OB(O)O[B-]2(O1)OB(O)O[B-]1(OB(O)O[B-]3(OB(O)OB(O)O3)O1)O2.c1c[nH+]c[nH]1.c1c[nH+]c[nH]1.c1c[nH+]c[nH]1. The van der Waals surface area contributed by atoms with Crippen molar-refractivity contribution >= 4 is 64.8 Å². The molecule has 7 heterocycles. The van der Waals surface area contributed by atoms with Gasteiger partial charge in [0.1, 0.15) is 37.2 Å². The van der Waals surface area contributed by atoms with Crippen molar-refractivity contribution in [3.63, 3.8) is 0 Å². The minimum absolute atomic E-state index is 1.75. The van der Waals surface area contributed by atoms with Crippen LogP contribution >= 0.6 is 0 Å². The molecule has 0 saturated carbocycles. The van der Waals surface area contributed by atoms with Crippen LogP contribution in [0, 0.1) is 0 Å². The van der Waals surface area contributed by atoms with Crippen molar-refractivity contribution in [1.29, 1.82) is 0 Å². The van der Waals surface area contributed by atoms with Gasteiger partial charge in [0.25, 0.3) is 0 Å². The fourth-order valence-electron chi connectivity index (χ4n) is 3.24. The van der Waals surface area contributed by atoms with Crippen LogP contribution in [0.1, 0.15) is 0 Å². The lowest BCUT2D eigenvalue weighted by atomic mass is 9.75. The van der Waals surface area contributed by atoms with E-state index in [0.29, 0.717) is 0 Å². The van der Waals surface area contributed by atoms with Crippen LogP contribution in [0.4, 0.5) is 0 Å². The molecule has 3 aromatic heterocycles. The number of nitrogens with one attached hydrogen (secondary N) is 6. The molecule has 3 aromatic rings. The smallest absolute Gasteiger partial charge is 0.582 e. The quantitative estimate of drug-likeness (QED) is 0.108. The monoisotopic (exact) mass is 600 g/mol. The third-order valence-electron chi connectivity index (χ3n) is 4.72. The van der Waals surface area contributed by atoms with Crippen molar-refractivity contribution in [2.45, 2.75) is 0 Å². The molecule has 3 spiro atoms. The lowest BCUT2D eigenvalue weighted by Gasteiger charge is -2.68. The van der Waals surface area contributed by atoms with E-state index >= 15 is 0 Å². The van der Waals surface area contributed by atoms with Gasteiger partial charge in [-0.15, -0.1) is 0 Å². The molecule has 4 aliphatic heterocycles. The van der Waals surface area contributed by atoms with Crippen molar-refractivity contribution < 1.29 is 100.0 Å². The highest BCUT2D eigenvalue weighted by atomic mass is 17.1. The predicted octanol–water partition coefficient (Wildman–Crippen LogP) is -8.10. The van der Waals surface area contributed by atoms with Crippen molar-refractivity contribution in [2.75, 3.05) is 0 Å². The molecule has 42 heavy (non-hydrogen) atoms.